The van der Waals surface area contributed by atoms with Gasteiger partial charge in [-0.2, -0.15) is 0 Å². The predicted octanol–water partition coefficient (Wildman–Crippen LogP) is 0.444. The van der Waals surface area contributed by atoms with E-state index in [0.717, 1.165) is 9.80 Å². The number of hydrogen-bond donors (Lipinski definition) is 10. The minimum absolute atomic E-state index is 0.00689. The number of likely N-dealkylation sites (tertiary alicyclic amines) is 1. The van der Waals surface area contributed by atoms with Crippen molar-refractivity contribution in [1.29, 1.82) is 0 Å². The summed E-state index contributed by atoms with van der Waals surface area (Å²) in [6.07, 6.45) is -1.98. The molecule has 1 heterocycles. The number of carboxylic acids is 1. The number of nitrogens with one attached hydrogen (secondary N) is 5. The summed E-state index contributed by atoms with van der Waals surface area (Å²) >= 11 is 0. The fourth-order valence-corrected chi connectivity index (χ4v) is 9.66. The number of nitrogens with zero attached hydrogens (tertiary/aromatic N) is 3. The topological polar surface area (TPSA) is 362 Å². The summed E-state index contributed by atoms with van der Waals surface area (Å²) in [5.41, 5.74) is 11.7. The monoisotopic (exact) mass is 1110 g/mol. The van der Waals surface area contributed by atoms with Gasteiger partial charge in [0.2, 0.25) is 35.4 Å². The van der Waals surface area contributed by atoms with Gasteiger partial charge >= 0.3 is 5.97 Å². The molecule has 12 N–H and O–H groups in total. The smallest absolute Gasteiger partial charge is 0.305 e. The Kier molecular flexibility index (Phi) is 29.6. The van der Waals surface area contributed by atoms with Crippen LogP contribution in [0.15, 0.2) is 35.3 Å². The van der Waals surface area contributed by atoms with E-state index < -0.39 is 133 Å². The van der Waals surface area contributed by atoms with Gasteiger partial charge in [-0.25, -0.2) is 0 Å². The summed E-state index contributed by atoms with van der Waals surface area (Å²) in [7, 11) is 6.78. The number of Topliss-reactive ketones (excluding diaryl/α,β-unsaturated/α-hetero) is 3. The maximum atomic E-state index is 14.8. The molecule has 1 aromatic rings. The SMILES string of the molecule is [B]N[C@H](CO)C(=O)N[C@@H](Cc1ccccc1)C(=O)C[C@H](CC(C)C)C(=O)N[C@@H](CC(C)C)C(=O)N1C[C@H](O)C[C@H]1C(=O)N(C)[C@@H](CC(C)C)C(=O)N[C@@H](CC(=O)O)C(=O)C[C@@H](CCCN=C(N)N)C(=O)N[C@H](C(C)=O)C(C)CC. The van der Waals surface area contributed by atoms with Gasteiger partial charge in [0.15, 0.2) is 31.3 Å². The van der Waals surface area contributed by atoms with Gasteiger partial charge < -0.3 is 63.1 Å². The van der Waals surface area contributed by atoms with Crippen LogP contribution in [0.2, 0.25) is 0 Å². The first kappa shape index (κ1) is 68.8. The van der Waals surface area contributed by atoms with Crippen LogP contribution >= 0.6 is 0 Å². The Labute approximate surface area is 466 Å². The molecule has 11 atom stereocenters. The van der Waals surface area contributed by atoms with Crippen molar-refractivity contribution >= 4 is 72.7 Å². The minimum Gasteiger partial charge on any atom is -0.481 e. The molecule has 1 aromatic carbocycles. The lowest BCUT2D eigenvalue weighted by molar-refractivity contribution is -0.149. The summed E-state index contributed by atoms with van der Waals surface area (Å²) in [5.74, 6) is -10.5. The number of amides is 6. The van der Waals surface area contributed by atoms with Crippen molar-refractivity contribution < 1.29 is 63.3 Å². The molecular weight excluding hydrogens is 1020 g/mol. The third kappa shape index (κ3) is 23.2. The number of carbonyl (C=O) groups is 10. The van der Waals surface area contributed by atoms with Gasteiger partial charge in [0.1, 0.15) is 18.1 Å². The van der Waals surface area contributed by atoms with E-state index in [-0.39, 0.29) is 99.9 Å². The number of aliphatic hydroxyl groups is 2. The number of carbonyl (C=O) groups excluding carboxylic acids is 9. The number of aliphatic imine (C=N–C) groups is 1. The molecule has 440 valence electrons. The molecule has 0 saturated carbocycles. The lowest BCUT2D eigenvalue weighted by Gasteiger charge is -2.35. The summed E-state index contributed by atoms with van der Waals surface area (Å²) in [6, 6.07) is 0.0684. The fourth-order valence-electron chi connectivity index (χ4n) is 9.66. The molecule has 1 saturated heterocycles. The van der Waals surface area contributed by atoms with Crippen LogP contribution in [0, 0.1) is 35.5 Å². The normalized spacial score (nSPS) is 17.7. The van der Waals surface area contributed by atoms with Crippen LogP contribution in [0.3, 0.4) is 0 Å². The summed E-state index contributed by atoms with van der Waals surface area (Å²) < 4.78 is 0. The van der Waals surface area contributed by atoms with Crippen molar-refractivity contribution in [3.8, 4) is 0 Å². The standard InChI is InChI=1S/C55H89BN10O13/c1-11-33(8)48(34(9)68)63-49(74)36(18-15-19-59-55(57)58)24-45(70)40(27-47(72)73)61-52(77)43(22-32(6)7)65(10)54(79)44-26-38(69)28-66(44)53(78)41(21-31(4)5)62-50(75)37(20-30(2)3)25-46(71)39(23-35-16-13-12-14-17-35)60-51(76)42(29-67)64-56/h12-14,16-17,30-33,36-44,48,64,67,69H,11,15,18-29H2,1-10H3,(H,60,76)(H,61,77)(H,62,75)(H,63,74)(H,72,73)(H4,57,58,59)/t33?,36-,37+,38-,39+,40+,41+,42-,43+,44+,48+/m1/s1. The molecule has 0 aromatic heterocycles. The Morgan fingerprint density at radius 2 is 1.30 bits per heavy atom. The fraction of sp³-hybridized carbons (Fsp3) is 0.691. The maximum absolute atomic E-state index is 14.8. The highest BCUT2D eigenvalue weighted by molar-refractivity contribution is 6.07. The average molecular weight is 1110 g/mol. The number of guanidine groups is 1. The van der Waals surface area contributed by atoms with Gasteiger partial charge in [-0.05, 0) is 74.7 Å². The van der Waals surface area contributed by atoms with E-state index in [4.69, 9.17) is 19.4 Å². The molecular formula is C55H89BN10O13. The van der Waals surface area contributed by atoms with Crippen LogP contribution in [0.4, 0.5) is 0 Å². The van der Waals surface area contributed by atoms with Crippen LogP contribution < -0.4 is 38.0 Å². The van der Waals surface area contributed by atoms with Gasteiger partial charge in [0.25, 0.3) is 0 Å². The zero-order chi connectivity index (χ0) is 59.8. The van der Waals surface area contributed by atoms with Gasteiger partial charge in [0.05, 0.1) is 43.3 Å². The Hall–Kier alpha value is -6.27. The third-order valence-corrected chi connectivity index (χ3v) is 14.1. The Morgan fingerprint density at radius 3 is 1.84 bits per heavy atom. The number of aliphatic hydroxyl groups excluding tert-OH is 2. The molecule has 79 heavy (non-hydrogen) atoms. The zero-order valence-corrected chi connectivity index (χ0v) is 47.9. The molecule has 1 unspecified atom stereocenters. The van der Waals surface area contributed by atoms with Crippen molar-refractivity contribution in [2.75, 3.05) is 26.7 Å². The molecule has 24 heteroatoms. The molecule has 0 aliphatic carbocycles. The highest BCUT2D eigenvalue weighted by atomic mass is 16.4. The molecule has 6 amide bonds. The molecule has 2 radical (unpaired) electrons. The number of ketones is 3. The van der Waals surface area contributed by atoms with Crippen molar-refractivity contribution in [2.24, 2.45) is 52.0 Å². The third-order valence-electron chi connectivity index (χ3n) is 14.1. The first-order chi connectivity index (χ1) is 37.0. The highest BCUT2D eigenvalue weighted by Crippen LogP contribution is 2.26. The molecule has 2 rings (SSSR count). The molecule has 1 aliphatic rings. The second-order valence-corrected chi connectivity index (χ2v) is 22.3. The van der Waals surface area contributed by atoms with Crippen molar-refractivity contribution in [3.05, 3.63) is 35.9 Å². The number of likely N-dealkylation sites (N-methyl/N-ethyl adjacent to an activating group) is 1. The summed E-state index contributed by atoms with van der Waals surface area (Å²) in [6.45, 7) is 15.0. The first-order valence-corrected chi connectivity index (χ1v) is 27.5. The van der Waals surface area contributed by atoms with Crippen LogP contribution in [0.25, 0.3) is 0 Å². The van der Waals surface area contributed by atoms with E-state index in [1.54, 1.807) is 51.1 Å². The quantitative estimate of drug-likeness (QED) is 0.0189. The lowest BCUT2D eigenvalue weighted by Crippen LogP contribution is -2.58. The number of nitrogens with two attached hydrogens (primary N) is 2. The Bertz CT molecular complexity index is 2240. The Morgan fingerprint density at radius 1 is 0.747 bits per heavy atom. The van der Waals surface area contributed by atoms with E-state index >= 15 is 0 Å². The van der Waals surface area contributed by atoms with Crippen LogP contribution in [0.5, 0.6) is 0 Å². The van der Waals surface area contributed by atoms with Gasteiger partial charge in [-0.15, -0.1) is 0 Å². The second kappa shape index (κ2) is 34.0. The first-order valence-electron chi connectivity index (χ1n) is 27.5. The van der Waals surface area contributed by atoms with E-state index in [0.29, 0.717) is 12.0 Å². The largest absolute Gasteiger partial charge is 0.481 e. The number of aliphatic carboxylic acids is 1. The lowest BCUT2D eigenvalue weighted by atomic mass is 9.88. The minimum atomic E-state index is -1.67. The van der Waals surface area contributed by atoms with Gasteiger partial charge in [-0.1, -0.05) is 92.1 Å². The number of carboxylic acid groups (broad SMARTS) is 1. The Balaban J connectivity index is 2.49. The van der Waals surface area contributed by atoms with Crippen molar-refractivity contribution in [1.82, 2.24) is 36.3 Å². The van der Waals surface area contributed by atoms with Crippen LogP contribution in [-0.4, -0.2) is 173 Å². The number of hydrogen-bond acceptors (Lipinski definition) is 14. The van der Waals surface area contributed by atoms with E-state index in [2.05, 4.69) is 31.5 Å². The zero-order valence-electron chi connectivity index (χ0n) is 47.9. The molecule has 1 aliphatic heterocycles. The maximum Gasteiger partial charge on any atom is 0.305 e. The second-order valence-electron chi connectivity index (χ2n) is 22.3. The van der Waals surface area contributed by atoms with Crippen molar-refractivity contribution in [2.45, 2.75) is 181 Å². The van der Waals surface area contributed by atoms with Crippen molar-refractivity contribution in [3.63, 3.8) is 0 Å². The number of benzene rings is 1. The highest BCUT2D eigenvalue weighted by Gasteiger charge is 2.45. The summed E-state index contributed by atoms with van der Waals surface area (Å²) in [4.78, 5) is 144. The molecule has 0 bridgehead atoms. The number of β-amino-alcohol motifs (C(OH)–C–C–N with tert-alkyl or cyclic N) is 1. The van der Waals surface area contributed by atoms with E-state index in [1.807, 2.05) is 34.6 Å². The van der Waals surface area contributed by atoms with Crippen LogP contribution in [-0.2, 0) is 54.4 Å². The average Bonchev–Trinajstić information content (AvgIpc) is 3.77. The summed E-state index contributed by atoms with van der Waals surface area (Å²) in [5, 5.41) is 43.7. The van der Waals surface area contributed by atoms with Gasteiger partial charge in [0, 0.05) is 51.2 Å². The molecule has 0 spiro atoms. The molecule has 23 nitrogen and oxygen atoms in total. The van der Waals surface area contributed by atoms with Crippen LogP contribution in [0.1, 0.15) is 132 Å². The van der Waals surface area contributed by atoms with E-state index in [9.17, 15) is 63.3 Å². The molecule has 1 fully saturated rings. The predicted molar refractivity (Wildman–Crippen MR) is 297 cm³/mol. The number of rotatable bonds is 36. The van der Waals surface area contributed by atoms with E-state index in [1.165, 1.54) is 14.0 Å². The van der Waals surface area contributed by atoms with Gasteiger partial charge in [-0.3, -0.25) is 52.9 Å².